The Morgan fingerprint density at radius 2 is 1.81 bits per heavy atom. The van der Waals surface area contributed by atoms with Crippen LogP contribution in [0.3, 0.4) is 0 Å². The summed E-state index contributed by atoms with van der Waals surface area (Å²) in [6.45, 7) is 9.79. The third-order valence-corrected chi connectivity index (χ3v) is 5.63. The maximum absolute atomic E-state index is 13.3. The van der Waals surface area contributed by atoms with E-state index in [0.29, 0.717) is 17.0 Å². The van der Waals surface area contributed by atoms with Gasteiger partial charge in [0.2, 0.25) is 0 Å². The molecule has 0 spiro atoms. The number of carbonyl (C=O) groups excluding carboxylic acids is 2. The second-order valence-corrected chi connectivity index (χ2v) is 7.73. The lowest BCUT2D eigenvalue weighted by Crippen LogP contribution is -2.54. The second kappa shape index (κ2) is 9.31. The van der Waals surface area contributed by atoms with Crippen molar-refractivity contribution in [2.75, 3.05) is 30.0 Å². The predicted molar refractivity (Wildman–Crippen MR) is 129 cm³/mol. The lowest BCUT2D eigenvalue weighted by molar-refractivity contribution is -0.122. The zero-order valence-corrected chi connectivity index (χ0v) is 19.3. The van der Waals surface area contributed by atoms with Crippen molar-refractivity contribution in [3.8, 4) is 5.75 Å². The highest BCUT2D eigenvalue weighted by atomic mass is 32.1. The highest BCUT2D eigenvalue weighted by Gasteiger charge is 2.35. The molecule has 1 aliphatic heterocycles. The zero-order chi connectivity index (χ0) is 22.7. The van der Waals surface area contributed by atoms with Crippen LogP contribution >= 0.6 is 12.2 Å². The second-order valence-electron chi connectivity index (χ2n) is 7.35. The summed E-state index contributed by atoms with van der Waals surface area (Å²) in [5.41, 5.74) is 4.28. The van der Waals surface area contributed by atoms with E-state index >= 15 is 0 Å². The summed E-state index contributed by atoms with van der Waals surface area (Å²) in [5, 5.41) is 2.71. The van der Waals surface area contributed by atoms with E-state index in [1.807, 2.05) is 50.2 Å². The summed E-state index contributed by atoms with van der Waals surface area (Å²) >= 11 is 5.31. The van der Waals surface area contributed by atoms with Crippen molar-refractivity contribution >= 4 is 46.6 Å². The molecule has 3 rings (SSSR count). The van der Waals surface area contributed by atoms with Crippen molar-refractivity contribution in [3.05, 3.63) is 58.7 Å². The van der Waals surface area contributed by atoms with Gasteiger partial charge in [0, 0.05) is 30.4 Å². The van der Waals surface area contributed by atoms with Crippen molar-refractivity contribution in [2.24, 2.45) is 0 Å². The van der Waals surface area contributed by atoms with E-state index in [1.165, 1.54) is 4.90 Å². The quantitative estimate of drug-likeness (QED) is 0.421. The lowest BCUT2D eigenvalue weighted by Gasteiger charge is -2.30. The maximum atomic E-state index is 13.3. The Balaban J connectivity index is 2.04. The van der Waals surface area contributed by atoms with Gasteiger partial charge in [-0.25, -0.2) is 0 Å². The van der Waals surface area contributed by atoms with Crippen molar-refractivity contribution in [1.82, 2.24) is 5.32 Å². The fraction of sp³-hybridized carbons (Fsp3) is 0.292. The number of hydrogen-bond donors (Lipinski definition) is 1. The summed E-state index contributed by atoms with van der Waals surface area (Å²) in [4.78, 5) is 29.5. The third-order valence-electron chi connectivity index (χ3n) is 5.34. The van der Waals surface area contributed by atoms with E-state index in [4.69, 9.17) is 17.0 Å². The Morgan fingerprint density at radius 3 is 2.42 bits per heavy atom. The fourth-order valence-electron chi connectivity index (χ4n) is 3.69. The van der Waals surface area contributed by atoms with Crippen LogP contribution in [0.1, 0.15) is 30.5 Å². The zero-order valence-electron chi connectivity index (χ0n) is 18.5. The molecule has 1 heterocycles. The normalized spacial score (nSPS) is 15.3. The van der Waals surface area contributed by atoms with E-state index in [9.17, 15) is 9.59 Å². The van der Waals surface area contributed by atoms with Gasteiger partial charge in [0.1, 0.15) is 11.3 Å². The molecular weight excluding hydrogens is 410 g/mol. The Hall–Kier alpha value is -3.19. The van der Waals surface area contributed by atoms with Gasteiger partial charge < -0.3 is 9.64 Å². The first-order chi connectivity index (χ1) is 14.8. The number of amides is 2. The first-order valence-corrected chi connectivity index (χ1v) is 10.6. The smallest absolute Gasteiger partial charge is 0.270 e. The van der Waals surface area contributed by atoms with Crippen LogP contribution in [0.25, 0.3) is 6.08 Å². The van der Waals surface area contributed by atoms with Gasteiger partial charge in [-0.1, -0.05) is 17.7 Å². The standard InChI is InChI=1S/C24H27N3O3S/c1-6-26(7-2)18-10-9-17(21(14-18)30-5)13-19-22(28)25-24(31)27(23(19)29)20-11-8-15(3)12-16(20)4/h8-14H,6-7H2,1-5H3,(H,25,28,31)/b19-13+. The van der Waals surface area contributed by atoms with Gasteiger partial charge in [-0.2, -0.15) is 0 Å². The highest BCUT2D eigenvalue weighted by Crippen LogP contribution is 2.30. The van der Waals surface area contributed by atoms with Crippen LogP contribution < -0.4 is 19.9 Å². The van der Waals surface area contributed by atoms with Gasteiger partial charge >= 0.3 is 0 Å². The van der Waals surface area contributed by atoms with Crippen molar-refractivity contribution in [2.45, 2.75) is 27.7 Å². The van der Waals surface area contributed by atoms with Crippen molar-refractivity contribution < 1.29 is 14.3 Å². The molecule has 0 aliphatic carbocycles. The van der Waals surface area contributed by atoms with Gasteiger partial charge in [-0.3, -0.25) is 19.8 Å². The van der Waals surface area contributed by atoms with E-state index in [1.54, 1.807) is 13.2 Å². The summed E-state index contributed by atoms with van der Waals surface area (Å²) in [7, 11) is 1.57. The molecule has 2 aromatic carbocycles. The molecule has 0 aromatic heterocycles. The minimum Gasteiger partial charge on any atom is -0.496 e. The first kappa shape index (κ1) is 22.5. The number of carbonyl (C=O) groups is 2. The molecule has 1 aliphatic rings. The maximum Gasteiger partial charge on any atom is 0.270 e. The van der Waals surface area contributed by atoms with Gasteiger partial charge in [-0.15, -0.1) is 0 Å². The largest absolute Gasteiger partial charge is 0.496 e. The number of hydrogen-bond acceptors (Lipinski definition) is 5. The van der Waals surface area contributed by atoms with Crippen LogP contribution in [0.2, 0.25) is 0 Å². The van der Waals surface area contributed by atoms with Crippen LogP contribution in [0.5, 0.6) is 5.75 Å². The lowest BCUT2D eigenvalue weighted by atomic mass is 10.0. The van der Waals surface area contributed by atoms with Crippen molar-refractivity contribution in [3.63, 3.8) is 0 Å². The van der Waals surface area contributed by atoms with Gasteiger partial charge in [-0.05, 0) is 69.8 Å². The third kappa shape index (κ3) is 4.46. The summed E-state index contributed by atoms with van der Waals surface area (Å²) in [6.07, 6.45) is 1.56. The number of anilines is 2. The number of rotatable bonds is 6. The number of nitrogens with zero attached hydrogens (tertiary/aromatic N) is 2. The summed E-state index contributed by atoms with van der Waals surface area (Å²) < 4.78 is 5.55. The molecule has 31 heavy (non-hydrogen) atoms. The van der Waals surface area contributed by atoms with E-state index in [-0.39, 0.29) is 10.7 Å². The molecule has 2 aromatic rings. The molecule has 6 nitrogen and oxygen atoms in total. The Morgan fingerprint density at radius 1 is 1.10 bits per heavy atom. The van der Waals surface area contributed by atoms with Crippen molar-refractivity contribution in [1.29, 1.82) is 0 Å². The molecule has 0 saturated carbocycles. The minimum atomic E-state index is -0.522. The van der Waals surface area contributed by atoms with Crippen LogP contribution in [0.4, 0.5) is 11.4 Å². The molecule has 0 atom stereocenters. The summed E-state index contributed by atoms with van der Waals surface area (Å²) in [6, 6.07) is 11.4. The molecule has 1 N–H and O–H groups in total. The first-order valence-electron chi connectivity index (χ1n) is 10.2. The monoisotopic (exact) mass is 437 g/mol. The molecule has 7 heteroatoms. The number of benzene rings is 2. The van der Waals surface area contributed by atoms with Crippen LogP contribution in [0.15, 0.2) is 42.0 Å². The molecule has 0 unspecified atom stereocenters. The highest BCUT2D eigenvalue weighted by molar-refractivity contribution is 7.80. The van der Waals surface area contributed by atoms with Gasteiger partial charge in [0.15, 0.2) is 5.11 Å². The molecule has 1 saturated heterocycles. The number of aryl methyl sites for hydroxylation is 2. The number of ether oxygens (including phenoxy) is 1. The molecule has 162 valence electrons. The predicted octanol–water partition coefficient (Wildman–Crippen LogP) is 3.99. The topological polar surface area (TPSA) is 61.9 Å². The van der Waals surface area contributed by atoms with E-state index in [0.717, 1.165) is 29.9 Å². The van der Waals surface area contributed by atoms with Crippen LogP contribution in [-0.2, 0) is 9.59 Å². The molecular formula is C24H27N3O3S. The van der Waals surface area contributed by atoms with Gasteiger partial charge in [0.25, 0.3) is 11.8 Å². The SMILES string of the molecule is CCN(CC)c1ccc(/C=C2\C(=O)NC(=S)N(c3ccc(C)cc3C)C2=O)c(OC)c1. The van der Waals surface area contributed by atoms with Crippen LogP contribution in [-0.4, -0.2) is 37.1 Å². The Labute approximate surface area is 188 Å². The van der Waals surface area contributed by atoms with E-state index in [2.05, 4.69) is 24.1 Å². The molecule has 1 fully saturated rings. The fourth-order valence-corrected chi connectivity index (χ4v) is 3.97. The minimum absolute atomic E-state index is 0.00228. The number of thiocarbonyl (C=S) groups is 1. The number of nitrogens with one attached hydrogen (secondary N) is 1. The Bertz CT molecular complexity index is 1070. The molecule has 0 bridgehead atoms. The Kier molecular flexibility index (Phi) is 6.75. The van der Waals surface area contributed by atoms with Gasteiger partial charge in [0.05, 0.1) is 12.8 Å². The average molecular weight is 438 g/mol. The molecule has 0 radical (unpaired) electrons. The number of methoxy groups -OCH3 is 1. The summed E-state index contributed by atoms with van der Waals surface area (Å²) in [5.74, 6) is -0.398. The average Bonchev–Trinajstić information content (AvgIpc) is 2.74. The van der Waals surface area contributed by atoms with E-state index < -0.39 is 11.8 Å². The van der Waals surface area contributed by atoms with Crippen LogP contribution in [0, 0.1) is 13.8 Å². The molecule has 2 amide bonds.